The maximum absolute atomic E-state index is 12.0. The van der Waals surface area contributed by atoms with E-state index in [1.165, 1.54) is 10.5 Å². The molecular weight excluding hydrogens is 380 g/mol. The molecule has 0 spiro atoms. The first-order valence-corrected chi connectivity index (χ1v) is 10.00. The van der Waals surface area contributed by atoms with Gasteiger partial charge in [0.1, 0.15) is 24.7 Å². The molecule has 0 aliphatic heterocycles. The van der Waals surface area contributed by atoms with E-state index in [2.05, 4.69) is 10.3 Å². The molecule has 2 aromatic carbocycles. The summed E-state index contributed by atoms with van der Waals surface area (Å²) in [5, 5.41) is 3.36. The van der Waals surface area contributed by atoms with Gasteiger partial charge < -0.3 is 24.6 Å². The fraction of sp³-hybridized carbons (Fsp3) is 0.391. The minimum absolute atomic E-state index is 0.0432. The smallest absolute Gasteiger partial charge is 0.243 e. The van der Waals surface area contributed by atoms with Crippen LogP contribution in [0.5, 0.6) is 11.5 Å². The third kappa shape index (κ3) is 8.03. The second-order valence-electron chi connectivity index (χ2n) is 7.04. The van der Waals surface area contributed by atoms with Crippen LogP contribution in [0, 0.1) is 0 Å². The monoisotopic (exact) mass is 412 g/mol. The molecule has 0 radical (unpaired) electrons. The normalized spacial score (nSPS) is 11.0. The summed E-state index contributed by atoms with van der Waals surface area (Å²) in [6.45, 7) is 1.95. The highest BCUT2D eigenvalue weighted by Crippen LogP contribution is 2.11. The SMILES string of the molecule is COc1ccc(CCNC(=NCC(=O)N(C)C)N(C)CCOc2ccccc2)cc1. The summed E-state index contributed by atoms with van der Waals surface area (Å²) in [5.74, 6) is 2.31. The molecule has 0 aliphatic carbocycles. The van der Waals surface area contributed by atoms with Crippen molar-refractivity contribution in [1.29, 1.82) is 0 Å². The van der Waals surface area contributed by atoms with Crippen molar-refractivity contribution in [2.45, 2.75) is 6.42 Å². The molecule has 162 valence electrons. The van der Waals surface area contributed by atoms with E-state index in [-0.39, 0.29) is 12.5 Å². The maximum Gasteiger partial charge on any atom is 0.243 e. The highest BCUT2D eigenvalue weighted by Gasteiger charge is 2.09. The summed E-state index contributed by atoms with van der Waals surface area (Å²) >= 11 is 0. The minimum Gasteiger partial charge on any atom is -0.497 e. The summed E-state index contributed by atoms with van der Waals surface area (Å²) in [7, 11) is 7.05. The number of ether oxygens (including phenoxy) is 2. The van der Waals surface area contributed by atoms with Gasteiger partial charge in [0.25, 0.3) is 0 Å². The van der Waals surface area contributed by atoms with Crippen molar-refractivity contribution in [3.63, 3.8) is 0 Å². The van der Waals surface area contributed by atoms with E-state index in [0.29, 0.717) is 25.7 Å². The van der Waals surface area contributed by atoms with Crippen LogP contribution >= 0.6 is 0 Å². The summed E-state index contributed by atoms with van der Waals surface area (Å²) in [4.78, 5) is 20.0. The Hall–Kier alpha value is -3.22. The van der Waals surface area contributed by atoms with Crippen LogP contribution in [0.3, 0.4) is 0 Å². The summed E-state index contributed by atoms with van der Waals surface area (Å²) < 4.78 is 11.0. The molecule has 2 rings (SSSR count). The van der Waals surface area contributed by atoms with Crippen LogP contribution in [0.15, 0.2) is 59.6 Å². The van der Waals surface area contributed by atoms with Gasteiger partial charge in [-0.25, -0.2) is 4.99 Å². The number of benzene rings is 2. The second-order valence-corrected chi connectivity index (χ2v) is 7.04. The zero-order chi connectivity index (χ0) is 21.8. The van der Waals surface area contributed by atoms with Gasteiger partial charge in [0.05, 0.1) is 13.7 Å². The van der Waals surface area contributed by atoms with Crippen molar-refractivity contribution in [2.75, 3.05) is 54.5 Å². The highest BCUT2D eigenvalue weighted by molar-refractivity contribution is 5.84. The van der Waals surface area contributed by atoms with Gasteiger partial charge in [0.2, 0.25) is 5.91 Å². The largest absolute Gasteiger partial charge is 0.497 e. The fourth-order valence-corrected chi connectivity index (χ4v) is 2.63. The van der Waals surface area contributed by atoms with Gasteiger partial charge >= 0.3 is 0 Å². The van der Waals surface area contributed by atoms with Crippen LogP contribution in [0.1, 0.15) is 5.56 Å². The molecule has 0 unspecified atom stereocenters. The van der Waals surface area contributed by atoms with E-state index in [1.807, 2.05) is 66.5 Å². The van der Waals surface area contributed by atoms with Crippen LogP contribution in [0.25, 0.3) is 0 Å². The maximum atomic E-state index is 12.0. The third-order valence-electron chi connectivity index (χ3n) is 4.52. The summed E-state index contributed by atoms with van der Waals surface area (Å²) in [6.07, 6.45) is 0.832. The van der Waals surface area contributed by atoms with Crippen molar-refractivity contribution in [3.8, 4) is 11.5 Å². The van der Waals surface area contributed by atoms with Gasteiger partial charge in [-0.1, -0.05) is 30.3 Å². The molecule has 0 bridgehead atoms. The number of hydrogen-bond donors (Lipinski definition) is 1. The van der Waals surface area contributed by atoms with E-state index in [1.54, 1.807) is 21.2 Å². The zero-order valence-electron chi connectivity index (χ0n) is 18.3. The lowest BCUT2D eigenvalue weighted by Gasteiger charge is -2.23. The molecule has 0 aromatic heterocycles. The van der Waals surface area contributed by atoms with Crippen molar-refractivity contribution in [2.24, 2.45) is 4.99 Å². The first kappa shape index (κ1) is 23.1. The van der Waals surface area contributed by atoms with Crippen molar-refractivity contribution in [3.05, 3.63) is 60.2 Å². The quantitative estimate of drug-likeness (QED) is 0.479. The lowest BCUT2D eigenvalue weighted by Crippen LogP contribution is -2.42. The van der Waals surface area contributed by atoms with Crippen LogP contribution in [-0.2, 0) is 11.2 Å². The molecule has 1 amide bonds. The molecular formula is C23H32N4O3. The van der Waals surface area contributed by atoms with Crippen molar-refractivity contribution >= 4 is 11.9 Å². The van der Waals surface area contributed by atoms with Gasteiger partial charge in [-0.15, -0.1) is 0 Å². The van der Waals surface area contributed by atoms with Gasteiger partial charge in [0.15, 0.2) is 5.96 Å². The van der Waals surface area contributed by atoms with E-state index in [9.17, 15) is 4.79 Å². The Morgan fingerprint density at radius 2 is 1.70 bits per heavy atom. The Morgan fingerprint density at radius 3 is 2.33 bits per heavy atom. The Bertz CT molecular complexity index is 792. The molecule has 0 aliphatic rings. The van der Waals surface area contributed by atoms with Gasteiger partial charge in [-0.3, -0.25) is 4.79 Å². The van der Waals surface area contributed by atoms with Crippen LogP contribution in [0.2, 0.25) is 0 Å². The Labute approximate surface area is 179 Å². The first-order valence-electron chi connectivity index (χ1n) is 10.00. The number of hydrogen-bond acceptors (Lipinski definition) is 4. The average Bonchev–Trinajstić information content (AvgIpc) is 2.76. The van der Waals surface area contributed by atoms with E-state index >= 15 is 0 Å². The molecule has 0 heterocycles. The lowest BCUT2D eigenvalue weighted by atomic mass is 10.1. The predicted octanol–water partition coefficient (Wildman–Crippen LogP) is 2.28. The molecule has 1 N–H and O–H groups in total. The topological polar surface area (TPSA) is 66.4 Å². The number of aliphatic imine (C=N–C) groups is 1. The van der Waals surface area contributed by atoms with E-state index in [4.69, 9.17) is 9.47 Å². The number of para-hydroxylation sites is 1. The number of carbonyl (C=O) groups excluding carboxylic acids is 1. The molecule has 7 nitrogen and oxygen atoms in total. The van der Waals surface area contributed by atoms with Crippen LogP contribution in [-0.4, -0.2) is 76.2 Å². The highest BCUT2D eigenvalue weighted by atomic mass is 16.5. The van der Waals surface area contributed by atoms with Crippen molar-refractivity contribution in [1.82, 2.24) is 15.1 Å². The molecule has 7 heteroatoms. The minimum atomic E-state index is -0.0432. The number of nitrogens with zero attached hydrogens (tertiary/aromatic N) is 3. The van der Waals surface area contributed by atoms with Crippen molar-refractivity contribution < 1.29 is 14.3 Å². The molecule has 0 saturated carbocycles. The number of amides is 1. The van der Waals surface area contributed by atoms with Crippen LogP contribution in [0.4, 0.5) is 0 Å². The molecule has 30 heavy (non-hydrogen) atoms. The van der Waals surface area contributed by atoms with Gasteiger partial charge in [-0.2, -0.15) is 0 Å². The number of rotatable bonds is 10. The second kappa shape index (κ2) is 12.4. The van der Waals surface area contributed by atoms with Gasteiger partial charge in [-0.05, 0) is 36.2 Å². The number of likely N-dealkylation sites (N-methyl/N-ethyl adjacent to an activating group) is 2. The third-order valence-corrected chi connectivity index (χ3v) is 4.52. The Kier molecular flexibility index (Phi) is 9.51. The number of carbonyl (C=O) groups is 1. The Morgan fingerprint density at radius 1 is 1.00 bits per heavy atom. The average molecular weight is 413 g/mol. The Balaban J connectivity index is 1.90. The summed E-state index contributed by atoms with van der Waals surface area (Å²) in [5.41, 5.74) is 1.20. The molecule has 2 aromatic rings. The number of guanidine groups is 1. The lowest BCUT2D eigenvalue weighted by molar-refractivity contribution is -0.127. The zero-order valence-corrected chi connectivity index (χ0v) is 18.3. The fourth-order valence-electron chi connectivity index (χ4n) is 2.63. The van der Waals surface area contributed by atoms with E-state index in [0.717, 1.165) is 17.9 Å². The number of nitrogens with one attached hydrogen (secondary N) is 1. The number of methoxy groups -OCH3 is 1. The molecule has 0 fully saturated rings. The molecule has 0 saturated heterocycles. The van der Waals surface area contributed by atoms with E-state index < -0.39 is 0 Å². The molecule has 0 atom stereocenters. The first-order chi connectivity index (χ1) is 14.5. The standard InChI is InChI=1S/C23H32N4O3/c1-26(2)22(28)18-25-23(24-15-14-19-10-12-20(29-4)13-11-19)27(3)16-17-30-21-8-6-5-7-9-21/h5-13H,14-18H2,1-4H3,(H,24,25). The summed E-state index contributed by atoms with van der Waals surface area (Å²) in [6, 6.07) is 17.7. The predicted molar refractivity (Wildman–Crippen MR) is 120 cm³/mol. The van der Waals surface area contributed by atoms with Gasteiger partial charge in [0, 0.05) is 27.7 Å². The van der Waals surface area contributed by atoms with Crippen LogP contribution < -0.4 is 14.8 Å².